The van der Waals surface area contributed by atoms with Crippen molar-refractivity contribution in [2.45, 2.75) is 25.7 Å². The van der Waals surface area contributed by atoms with Gasteiger partial charge in [-0.15, -0.1) is 0 Å². The molecule has 34 heavy (non-hydrogen) atoms. The molecule has 0 spiro atoms. The summed E-state index contributed by atoms with van der Waals surface area (Å²) in [5, 5.41) is 16.9. The van der Waals surface area contributed by atoms with Crippen LogP contribution in [-0.4, -0.2) is 6.21 Å². The van der Waals surface area contributed by atoms with Crippen LogP contribution in [0.2, 0.25) is 0 Å². The number of fused-ring (bicyclic) bond motifs is 4. The van der Waals surface area contributed by atoms with Crippen molar-refractivity contribution in [3.05, 3.63) is 130 Å². The van der Waals surface area contributed by atoms with E-state index >= 15 is 0 Å². The fourth-order valence-electron chi connectivity index (χ4n) is 6.27. The molecule has 0 bridgehead atoms. The Morgan fingerprint density at radius 1 is 0.676 bits per heavy atom. The average molecular weight is 441 g/mol. The fraction of sp³-hybridized carbons (Fsp3) is 0.250. The van der Waals surface area contributed by atoms with Gasteiger partial charge in [0.2, 0.25) is 0 Å². The molecule has 0 aromatic rings. The summed E-state index contributed by atoms with van der Waals surface area (Å²) in [6.45, 7) is 0. The highest BCUT2D eigenvalue weighted by Crippen LogP contribution is 2.52. The van der Waals surface area contributed by atoms with Gasteiger partial charge in [0.25, 0.3) is 0 Å². The Hall–Kier alpha value is -3.70. The van der Waals surface area contributed by atoms with E-state index in [2.05, 4.69) is 85.1 Å². The van der Waals surface area contributed by atoms with Gasteiger partial charge in [0.15, 0.2) is 0 Å². The van der Waals surface area contributed by atoms with Gasteiger partial charge in [-0.25, -0.2) is 0 Å². The molecule has 166 valence electrons. The molecule has 2 heteroatoms. The van der Waals surface area contributed by atoms with Crippen LogP contribution in [0.3, 0.4) is 0 Å². The van der Waals surface area contributed by atoms with Crippen molar-refractivity contribution >= 4 is 6.21 Å². The zero-order valence-corrected chi connectivity index (χ0v) is 19.2. The molecular formula is C32H28N2. The lowest BCUT2D eigenvalue weighted by Crippen LogP contribution is -2.31. The zero-order chi connectivity index (χ0) is 23.1. The Morgan fingerprint density at radius 2 is 1.21 bits per heavy atom. The number of nitrogens with zero attached hydrogens (tertiary/aromatic N) is 1. The number of hydrogen-bond donors (Lipinski definition) is 1. The molecule has 0 aliphatic heterocycles. The molecule has 4 atom stereocenters. The highest BCUT2D eigenvalue weighted by Gasteiger charge is 2.39. The largest absolute Gasteiger partial charge is 0.308 e. The zero-order valence-electron chi connectivity index (χ0n) is 19.2. The summed E-state index contributed by atoms with van der Waals surface area (Å²) < 4.78 is 0. The predicted molar refractivity (Wildman–Crippen MR) is 139 cm³/mol. The maximum absolute atomic E-state index is 9.29. The summed E-state index contributed by atoms with van der Waals surface area (Å²) in [5.74, 6) is 1.38. The summed E-state index contributed by atoms with van der Waals surface area (Å²) in [7, 11) is 0. The number of hydrogen-bond acceptors (Lipinski definition) is 2. The molecule has 0 aromatic carbocycles. The molecule has 2 nitrogen and oxygen atoms in total. The first-order valence-corrected chi connectivity index (χ1v) is 12.3. The first kappa shape index (κ1) is 20.9. The summed E-state index contributed by atoms with van der Waals surface area (Å²) in [6.07, 6.45) is 37.0. The minimum atomic E-state index is 0.342. The molecule has 0 heterocycles. The number of nitriles is 1. The number of nitrogens with one attached hydrogen (secondary N) is 1. The van der Waals surface area contributed by atoms with Crippen molar-refractivity contribution in [2.75, 3.05) is 0 Å². The van der Waals surface area contributed by atoms with Crippen LogP contribution in [-0.2, 0) is 0 Å². The monoisotopic (exact) mass is 440 g/mol. The standard InChI is InChI=1S/C32H28N2/c33-19-21-9-13-23(14-10-21)29-17-32-28-8-4-2-6-26(28)30(24-15-11-22(20-34)12-16-24)18-31(32)27-7-3-1-5-25(27)29/h1-9,11,13,15,17-19,25-28,33H,10,12,14,16H2. The maximum Gasteiger partial charge on any atom is 0.0947 e. The van der Waals surface area contributed by atoms with Gasteiger partial charge in [0, 0.05) is 35.5 Å². The Kier molecular flexibility index (Phi) is 5.27. The van der Waals surface area contributed by atoms with Crippen LogP contribution in [0.5, 0.6) is 0 Å². The van der Waals surface area contributed by atoms with Crippen molar-refractivity contribution in [2.24, 2.45) is 23.7 Å². The van der Waals surface area contributed by atoms with Crippen LogP contribution in [0.4, 0.5) is 0 Å². The molecule has 6 rings (SSSR count). The molecule has 0 fully saturated rings. The lowest BCUT2D eigenvalue weighted by molar-refractivity contribution is 0.534. The van der Waals surface area contributed by atoms with E-state index in [1.165, 1.54) is 39.7 Å². The number of rotatable bonds is 3. The molecule has 0 amide bonds. The third-order valence-electron chi connectivity index (χ3n) is 8.06. The lowest BCUT2D eigenvalue weighted by atomic mass is 9.61. The second kappa shape index (κ2) is 8.58. The third kappa shape index (κ3) is 3.44. The van der Waals surface area contributed by atoms with E-state index in [4.69, 9.17) is 5.41 Å². The van der Waals surface area contributed by atoms with Crippen LogP contribution in [0.1, 0.15) is 25.7 Å². The quantitative estimate of drug-likeness (QED) is 0.458. The van der Waals surface area contributed by atoms with Crippen LogP contribution in [0.15, 0.2) is 130 Å². The average Bonchev–Trinajstić information content (AvgIpc) is 2.92. The van der Waals surface area contributed by atoms with Gasteiger partial charge in [-0.3, -0.25) is 0 Å². The van der Waals surface area contributed by atoms with E-state index in [1.807, 2.05) is 6.08 Å². The maximum atomic E-state index is 9.29. The SMILES string of the molecule is N#CC1=CC=C(C2=CC3=C(C=C(C4=CC=C(C=N)CC4)C4C=CC=CC34)C3C=CC=CC23)CC1. The normalized spacial score (nSPS) is 31.0. The fourth-order valence-corrected chi connectivity index (χ4v) is 6.27. The summed E-state index contributed by atoms with van der Waals surface area (Å²) in [6, 6.07) is 2.32. The molecular weight excluding hydrogens is 412 g/mol. The van der Waals surface area contributed by atoms with Crippen molar-refractivity contribution in [1.29, 1.82) is 10.7 Å². The predicted octanol–water partition coefficient (Wildman–Crippen LogP) is 7.35. The summed E-state index contributed by atoms with van der Waals surface area (Å²) in [4.78, 5) is 0. The van der Waals surface area contributed by atoms with Crippen molar-refractivity contribution in [1.82, 2.24) is 0 Å². The van der Waals surface area contributed by atoms with E-state index in [-0.39, 0.29) is 0 Å². The van der Waals surface area contributed by atoms with Gasteiger partial charge in [0.1, 0.15) is 0 Å². The smallest absolute Gasteiger partial charge is 0.0947 e. The Bertz CT molecular complexity index is 1330. The molecule has 0 aromatic heterocycles. The lowest BCUT2D eigenvalue weighted by Gasteiger charge is -2.42. The van der Waals surface area contributed by atoms with Crippen LogP contribution >= 0.6 is 0 Å². The Labute approximate surface area is 202 Å². The molecule has 0 radical (unpaired) electrons. The topological polar surface area (TPSA) is 47.6 Å². The first-order valence-electron chi connectivity index (χ1n) is 12.3. The highest BCUT2D eigenvalue weighted by molar-refractivity contribution is 5.77. The van der Waals surface area contributed by atoms with E-state index < -0.39 is 0 Å². The van der Waals surface area contributed by atoms with Gasteiger partial charge in [-0.2, -0.15) is 5.26 Å². The minimum absolute atomic E-state index is 0.342. The minimum Gasteiger partial charge on any atom is -0.308 e. The molecule has 6 aliphatic rings. The second-order valence-electron chi connectivity index (χ2n) is 9.83. The number of allylic oxidation sites excluding steroid dienone is 22. The van der Waals surface area contributed by atoms with Gasteiger partial charge < -0.3 is 5.41 Å². The van der Waals surface area contributed by atoms with Crippen LogP contribution in [0, 0.1) is 40.4 Å². The highest BCUT2D eigenvalue weighted by atomic mass is 14.4. The van der Waals surface area contributed by atoms with E-state index in [0.717, 1.165) is 36.8 Å². The van der Waals surface area contributed by atoms with E-state index in [1.54, 1.807) is 0 Å². The van der Waals surface area contributed by atoms with E-state index in [9.17, 15) is 5.26 Å². The van der Waals surface area contributed by atoms with Crippen molar-refractivity contribution < 1.29 is 0 Å². The van der Waals surface area contributed by atoms with Gasteiger partial charge in [0.05, 0.1) is 6.07 Å². The van der Waals surface area contributed by atoms with E-state index in [0.29, 0.717) is 23.7 Å². The van der Waals surface area contributed by atoms with Gasteiger partial charge >= 0.3 is 0 Å². The first-order chi connectivity index (χ1) is 16.8. The third-order valence-corrected chi connectivity index (χ3v) is 8.06. The van der Waals surface area contributed by atoms with Gasteiger partial charge in [-0.05, 0) is 70.8 Å². The summed E-state index contributed by atoms with van der Waals surface area (Å²) >= 11 is 0. The Balaban J connectivity index is 1.49. The van der Waals surface area contributed by atoms with Crippen LogP contribution < -0.4 is 0 Å². The molecule has 4 unspecified atom stereocenters. The second-order valence-corrected chi connectivity index (χ2v) is 9.83. The summed E-state index contributed by atoms with van der Waals surface area (Å²) in [5.41, 5.74) is 10.6. The molecule has 6 aliphatic carbocycles. The van der Waals surface area contributed by atoms with Crippen molar-refractivity contribution in [3.8, 4) is 6.07 Å². The molecule has 0 saturated carbocycles. The van der Waals surface area contributed by atoms with Crippen LogP contribution in [0.25, 0.3) is 0 Å². The molecule has 1 N–H and O–H groups in total. The Morgan fingerprint density at radius 3 is 1.65 bits per heavy atom. The van der Waals surface area contributed by atoms with Gasteiger partial charge in [-0.1, -0.05) is 79.0 Å². The molecule has 0 saturated heterocycles. The van der Waals surface area contributed by atoms with Crippen molar-refractivity contribution in [3.63, 3.8) is 0 Å².